The second kappa shape index (κ2) is 7.74. The molecule has 7 heteroatoms. The Morgan fingerprint density at radius 3 is 2.90 bits per heavy atom. The first-order valence-corrected chi connectivity index (χ1v) is 7.28. The predicted octanol–water partition coefficient (Wildman–Crippen LogP) is 0.129. The van der Waals surface area contributed by atoms with Crippen LogP contribution in [0.1, 0.15) is 11.7 Å². The Bertz CT molecular complexity index is 430. The quantitative estimate of drug-likeness (QED) is 0.772. The summed E-state index contributed by atoms with van der Waals surface area (Å²) in [6, 6.07) is -0.00934. The molecule has 0 aromatic carbocycles. The van der Waals surface area contributed by atoms with Crippen LogP contribution in [0.25, 0.3) is 0 Å². The Morgan fingerprint density at radius 1 is 1.52 bits per heavy atom. The molecule has 1 N–H and O–H groups in total. The minimum Gasteiger partial charge on any atom is -0.493 e. The number of ether oxygens (including phenoxy) is 3. The smallest absolute Gasteiger partial charge is 0.161 e. The molecule has 1 aliphatic rings. The van der Waals surface area contributed by atoms with Crippen molar-refractivity contribution in [1.29, 1.82) is 0 Å². The number of hydrogen-bond donors (Lipinski definition) is 1. The van der Waals surface area contributed by atoms with Crippen LogP contribution in [-0.4, -0.2) is 75.4 Å². The van der Waals surface area contributed by atoms with Gasteiger partial charge in [-0.25, -0.2) is 0 Å². The fourth-order valence-electron chi connectivity index (χ4n) is 2.52. The molecule has 0 amide bonds. The molecule has 0 spiro atoms. The van der Waals surface area contributed by atoms with E-state index in [-0.39, 0.29) is 12.1 Å². The van der Waals surface area contributed by atoms with Gasteiger partial charge in [0.05, 0.1) is 45.7 Å². The first-order chi connectivity index (χ1) is 10.2. The van der Waals surface area contributed by atoms with Crippen LogP contribution < -0.4 is 10.1 Å². The molecular weight excluding hydrogens is 272 g/mol. The van der Waals surface area contributed by atoms with Crippen molar-refractivity contribution in [2.24, 2.45) is 0 Å². The van der Waals surface area contributed by atoms with Crippen LogP contribution >= 0.6 is 0 Å². The standard InChI is InChI=1S/C14H26N4O3/c1-15-13(12-10-20-7-8-21-12)14-11(19-4)9-16-18(14)6-5-17(2)3/h9,12-13,15H,5-8,10H2,1-4H3. The van der Waals surface area contributed by atoms with Crippen LogP contribution in [-0.2, 0) is 16.0 Å². The molecule has 2 unspecified atom stereocenters. The molecule has 1 fully saturated rings. The summed E-state index contributed by atoms with van der Waals surface area (Å²) in [5, 5.41) is 7.77. The van der Waals surface area contributed by atoms with Gasteiger partial charge < -0.3 is 24.4 Å². The monoisotopic (exact) mass is 298 g/mol. The van der Waals surface area contributed by atoms with Crippen molar-refractivity contribution in [2.75, 3.05) is 54.6 Å². The van der Waals surface area contributed by atoms with Crippen molar-refractivity contribution in [3.05, 3.63) is 11.9 Å². The molecule has 2 heterocycles. The van der Waals surface area contributed by atoms with Crippen molar-refractivity contribution < 1.29 is 14.2 Å². The normalized spacial score (nSPS) is 20.7. The van der Waals surface area contributed by atoms with Gasteiger partial charge in [-0.2, -0.15) is 5.10 Å². The Morgan fingerprint density at radius 2 is 2.33 bits per heavy atom. The lowest BCUT2D eigenvalue weighted by Gasteiger charge is -2.31. The summed E-state index contributed by atoms with van der Waals surface area (Å²) in [5.41, 5.74) is 1.01. The third-order valence-corrected chi connectivity index (χ3v) is 3.64. The molecule has 0 bridgehead atoms. The van der Waals surface area contributed by atoms with Crippen molar-refractivity contribution in [3.8, 4) is 5.75 Å². The summed E-state index contributed by atoms with van der Waals surface area (Å²) in [4.78, 5) is 2.13. The first-order valence-electron chi connectivity index (χ1n) is 7.28. The molecule has 0 radical (unpaired) electrons. The van der Waals surface area contributed by atoms with E-state index in [2.05, 4.69) is 15.3 Å². The summed E-state index contributed by atoms with van der Waals surface area (Å²) in [7, 11) is 7.69. The number of nitrogens with zero attached hydrogens (tertiary/aromatic N) is 3. The van der Waals surface area contributed by atoms with Gasteiger partial charge in [-0.1, -0.05) is 0 Å². The molecule has 1 aliphatic heterocycles. The van der Waals surface area contributed by atoms with Crippen LogP contribution in [0.2, 0.25) is 0 Å². The minimum atomic E-state index is -0.0348. The molecule has 2 rings (SSSR count). The lowest BCUT2D eigenvalue weighted by atomic mass is 10.1. The molecule has 0 aliphatic carbocycles. The van der Waals surface area contributed by atoms with E-state index >= 15 is 0 Å². The van der Waals surface area contributed by atoms with Crippen LogP contribution in [0.15, 0.2) is 6.20 Å². The lowest BCUT2D eigenvalue weighted by Crippen LogP contribution is -2.40. The SMILES string of the molecule is CNC(c1c(OC)cnn1CCN(C)C)C1COCCO1. The Labute approximate surface area is 126 Å². The van der Waals surface area contributed by atoms with Crippen molar-refractivity contribution in [3.63, 3.8) is 0 Å². The van der Waals surface area contributed by atoms with E-state index in [0.717, 1.165) is 24.5 Å². The maximum absolute atomic E-state index is 5.84. The van der Waals surface area contributed by atoms with E-state index in [4.69, 9.17) is 14.2 Å². The van der Waals surface area contributed by atoms with E-state index in [1.54, 1.807) is 13.3 Å². The Kier molecular flexibility index (Phi) is 5.98. The molecule has 1 aromatic rings. The lowest BCUT2D eigenvalue weighted by molar-refractivity contribution is -0.102. The number of methoxy groups -OCH3 is 1. The summed E-state index contributed by atoms with van der Waals surface area (Å²) < 4.78 is 18.8. The van der Waals surface area contributed by atoms with Crippen LogP contribution in [0.5, 0.6) is 5.75 Å². The van der Waals surface area contributed by atoms with Crippen molar-refractivity contribution in [1.82, 2.24) is 20.0 Å². The highest BCUT2D eigenvalue weighted by atomic mass is 16.6. The van der Waals surface area contributed by atoms with Gasteiger partial charge in [0.1, 0.15) is 11.8 Å². The maximum Gasteiger partial charge on any atom is 0.161 e. The molecular formula is C14H26N4O3. The van der Waals surface area contributed by atoms with Crippen molar-refractivity contribution in [2.45, 2.75) is 18.7 Å². The third kappa shape index (κ3) is 3.94. The van der Waals surface area contributed by atoms with Gasteiger partial charge in [0.2, 0.25) is 0 Å². The second-order valence-electron chi connectivity index (χ2n) is 5.38. The highest BCUT2D eigenvalue weighted by Gasteiger charge is 2.31. The topological polar surface area (TPSA) is 60.8 Å². The zero-order valence-electron chi connectivity index (χ0n) is 13.3. The van der Waals surface area contributed by atoms with Gasteiger partial charge in [0.25, 0.3) is 0 Å². The minimum absolute atomic E-state index is 0.00934. The van der Waals surface area contributed by atoms with E-state index in [0.29, 0.717) is 19.8 Å². The molecule has 2 atom stereocenters. The van der Waals surface area contributed by atoms with E-state index in [1.165, 1.54) is 0 Å². The number of nitrogens with one attached hydrogen (secondary N) is 1. The van der Waals surface area contributed by atoms with Crippen LogP contribution in [0, 0.1) is 0 Å². The van der Waals surface area contributed by atoms with E-state index in [9.17, 15) is 0 Å². The predicted molar refractivity (Wildman–Crippen MR) is 79.7 cm³/mol. The number of hydrogen-bond acceptors (Lipinski definition) is 6. The zero-order valence-corrected chi connectivity index (χ0v) is 13.3. The molecule has 7 nitrogen and oxygen atoms in total. The van der Waals surface area contributed by atoms with Gasteiger partial charge in [-0.3, -0.25) is 4.68 Å². The van der Waals surface area contributed by atoms with Gasteiger partial charge in [0, 0.05) is 6.54 Å². The fourth-order valence-corrected chi connectivity index (χ4v) is 2.52. The summed E-state index contributed by atoms with van der Waals surface area (Å²) in [5.74, 6) is 0.780. The van der Waals surface area contributed by atoms with Crippen LogP contribution in [0.4, 0.5) is 0 Å². The molecule has 0 saturated carbocycles. The highest BCUT2D eigenvalue weighted by molar-refractivity contribution is 5.29. The summed E-state index contributed by atoms with van der Waals surface area (Å²) in [6.07, 6.45) is 1.73. The Balaban J connectivity index is 2.22. The van der Waals surface area contributed by atoms with Gasteiger partial charge in [-0.15, -0.1) is 0 Å². The zero-order chi connectivity index (χ0) is 15.2. The van der Waals surface area contributed by atoms with Crippen LogP contribution in [0.3, 0.4) is 0 Å². The molecule has 1 aromatic heterocycles. The fraction of sp³-hybridized carbons (Fsp3) is 0.786. The molecule has 1 saturated heterocycles. The number of rotatable bonds is 7. The second-order valence-corrected chi connectivity index (χ2v) is 5.38. The Hall–Kier alpha value is -1.15. The van der Waals surface area contributed by atoms with Gasteiger partial charge in [0.15, 0.2) is 5.75 Å². The van der Waals surface area contributed by atoms with Gasteiger partial charge >= 0.3 is 0 Å². The van der Waals surface area contributed by atoms with E-state index < -0.39 is 0 Å². The number of likely N-dealkylation sites (N-methyl/N-ethyl adjacent to an activating group) is 2. The molecule has 21 heavy (non-hydrogen) atoms. The average molecular weight is 298 g/mol. The first kappa shape index (κ1) is 16.2. The average Bonchev–Trinajstić information content (AvgIpc) is 2.90. The highest BCUT2D eigenvalue weighted by Crippen LogP contribution is 2.29. The maximum atomic E-state index is 5.84. The van der Waals surface area contributed by atoms with Gasteiger partial charge in [-0.05, 0) is 21.1 Å². The summed E-state index contributed by atoms with van der Waals surface area (Å²) in [6.45, 7) is 3.57. The third-order valence-electron chi connectivity index (χ3n) is 3.64. The van der Waals surface area contributed by atoms with E-state index in [1.807, 2.05) is 25.8 Å². The largest absolute Gasteiger partial charge is 0.493 e. The summed E-state index contributed by atoms with van der Waals surface area (Å²) >= 11 is 0. The van der Waals surface area contributed by atoms with Crippen molar-refractivity contribution >= 4 is 0 Å². The molecule has 120 valence electrons. The number of aromatic nitrogens is 2.